The second kappa shape index (κ2) is 6.83. The average molecular weight is 342 g/mol. The third-order valence-corrected chi connectivity index (χ3v) is 4.50. The predicted molar refractivity (Wildman–Crippen MR) is 82.5 cm³/mol. The standard InChI is InChI=1S/C17H21F3N2O2/c1-17(2,16(21)24)8-10-4-3-5-22(9-10)15(23)11-6-12(18)14(20)13(19)7-11/h6-7,10H,3-5,8-9H2,1-2H3,(H2,21,24). The highest BCUT2D eigenvalue weighted by Crippen LogP contribution is 2.31. The quantitative estimate of drug-likeness (QED) is 0.855. The number of halogens is 3. The molecule has 2 amide bonds. The zero-order chi connectivity index (χ0) is 18.1. The molecule has 2 N–H and O–H groups in total. The molecule has 0 radical (unpaired) electrons. The molecule has 0 saturated carbocycles. The van der Waals surface area contributed by atoms with E-state index in [0.717, 1.165) is 12.8 Å². The van der Waals surface area contributed by atoms with Crippen molar-refractivity contribution < 1.29 is 22.8 Å². The summed E-state index contributed by atoms with van der Waals surface area (Å²) in [5.74, 6) is -5.25. The Bertz CT molecular complexity index is 638. The number of piperidine rings is 1. The molecule has 0 aromatic heterocycles. The molecule has 0 spiro atoms. The summed E-state index contributed by atoms with van der Waals surface area (Å²) >= 11 is 0. The second-order valence-corrected chi connectivity index (χ2v) is 6.97. The number of hydrogen-bond donors (Lipinski definition) is 1. The fourth-order valence-electron chi connectivity index (χ4n) is 3.10. The maximum absolute atomic E-state index is 13.3. The van der Waals surface area contributed by atoms with Gasteiger partial charge in [0, 0.05) is 24.1 Å². The zero-order valence-corrected chi connectivity index (χ0v) is 13.7. The van der Waals surface area contributed by atoms with Gasteiger partial charge < -0.3 is 10.6 Å². The summed E-state index contributed by atoms with van der Waals surface area (Å²) in [4.78, 5) is 25.4. The lowest BCUT2D eigenvalue weighted by atomic mass is 9.79. The normalized spacial score (nSPS) is 18.5. The van der Waals surface area contributed by atoms with Gasteiger partial charge in [-0.25, -0.2) is 13.2 Å². The molecule has 0 bridgehead atoms. The number of nitrogens with two attached hydrogens (primary N) is 1. The van der Waals surface area contributed by atoms with Crippen LogP contribution in [0.15, 0.2) is 12.1 Å². The van der Waals surface area contributed by atoms with Crippen LogP contribution in [0.1, 0.15) is 43.5 Å². The van der Waals surface area contributed by atoms with Crippen LogP contribution in [-0.2, 0) is 4.79 Å². The van der Waals surface area contributed by atoms with E-state index in [1.54, 1.807) is 13.8 Å². The number of benzene rings is 1. The van der Waals surface area contributed by atoms with E-state index < -0.39 is 34.7 Å². The van der Waals surface area contributed by atoms with Gasteiger partial charge >= 0.3 is 0 Å². The van der Waals surface area contributed by atoms with Crippen LogP contribution in [-0.4, -0.2) is 29.8 Å². The van der Waals surface area contributed by atoms with Crippen LogP contribution >= 0.6 is 0 Å². The molecule has 1 fully saturated rings. The number of rotatable bonds is 4. The summed E-state index contributed by atoms with van der Waals surface area (Å²) in [7, 11) is 0. The second-order valence-electron chi connectivity index (χ2n) is 6.97. The monoisotopic (exact) mass is 342 g/mol. The molecule has 2 rings (SSSR count). The Morgan fingerprint density at radius 2 is 1.83 bits per heavy atom. The minimum atomic E-state index is -1.59. The lowest BCUT2D eigenvalue weighted by molar-refractivity contribution is -0.127. The third-order valence-electron chi connectivity index (χ3n) is 4.50. The van der Waals surface area contributed by atoms with Gasteiger partial charge in [-0.3, -0.25) is 9.59 Å². The fourth-order valence-corrected chi connectivity index (χ4v) is 3.10. The number of hydrogen-bond acceptors (Lipinski definition) is 2. The van der Waals surface area contributed by atoms with E-state index in [9.17, 15) is 22.8 Å². The first-order valence-electron chi connectivity index (χ1n) is 7.85. The van der Waals surface area contributed by atoms with Crippen LogP contribution < -0.4 is 5.73 Å². The number of carbonyl (C=O) groups excluding carboxylic acids is 2. The van der Waals surface area contributed by atoms with Crippen molar-refractivity contribution in [1.82, 2.24) is 4.90 Å². The number of primary amides is 1. The molecule has 1 heterocycles. The van der Waals surface area contributed by atoms with Gasteiger partial charge in [0.15, 0.2) is 17.5 Å². The summed E-state index contributed by atoms with van der Waals surface area (Å²) in [6, 6.07) is 1.41. The Kier molecular flexibility index (Phi) is 5.20. The van der Waals surface area contributed by atoms with E-state index in [-0.39, 0.29) is 11.5 Å². The zero-order valence-electron chi connectivity index (χ0n) is 13.7. The summed E-state index contributed by atoms with van der Waals surface area (Å²) in [5, 5.41) is 0. The van der Waals surface area contributed by atoms with Gasteiger partial charge in [0.25, 0.3) is 5.91 Å². The topological polar surface area (TPSA) is 63.4 Å². The largest absolute Gasteiger partial charge is 0.369 e. The molecule has 24 heavy (non-hydrogen) atoms. The lowest BCUT2D eigenvalue weighted by Gasteiger charge is -2.36. The molecule has 0 aliphatic carbocycles. The summed E-state index contributed by atoms with van der Waals surface area (Å²) in [6.45, 7) is 4.32. The highest BCUT2D eigenvalue weighted by atomic mass is 19.2. The minimum Gasteiger partial charge on any atom is -0.369 e. The van der Waals surface area contributed by atoms with Crippen LogP contribution in [0.4, 0.5) is 13.2 Å². The Hall–Kier alpha value is -2.05. The molecular weight excluding hydrogens is 321 g/mol. The van der Waals surface area contributed by atoms with Crippen molar-refractivity contribution in [3.05, 3.63) is 35.1 Å². The Morgan fingerprint density at radius 1 is 1.25 bits per heavy atom. The van der Waals surface area contributed by atoms with Crippen molar-refractivity contribution in [3.8, 4) is 0 Å². The molecule has 1 unspecified atom stereocenters. The number of likely N-dealkylation sites (tertiary alicyclic amines) is 1. The summed E-state index contributed by atoms with van der Waals surface area (Å²) in [6.07, 6.45) is 2.09. The SMILES string of the molecule is CC(C)(CC1CCCN(C(=O)c2cc(F)c(F)c(F)c2)C1)C(N)=O. The van der Waals surface area contributed by atoms with E-state index >= 15 is 0 Å². The van der Waals surface area contributed by atoms with Crippen molar-refractivity contribution in [2.45, 2.75) is 33.1 Å². The van der Waals surface area contributed by atoms with Crippen molar-refractivity contribution in [1.29, 1.82) is 0 Å². The average Bonchev–Trinajstić information content (AvgIpc) is 2.51. The van der Waals surface area contributed by atoms with Crippen molar-refractivity contribution >= 4 is 11.8 Å². The molecule has 1 saturated heterocycles. The third kappa shape index (κ3) is 3.88. The smallest absolute Gasteiger partial charge is 0.254 e. The van der Waals surface area contributed by atoms with Crippen LogP contribution in [0.3, 0.4) is 0 Å². The number of amides is 2. The Morgan fingerprint density at radius 3 is 2.38 bits per heavy atom. The molecule has 1 aromatic rings. The fraction of sp³-hybridized carbons (Fsp3) is 0.529. The molecule has 1 aliphatic rings. The maximum Gasteiger partial charge on any atom is 0.254 e. The van der Waals surface area contributed by atoms with Crippen LogP contribution in [0.5, 0.6) is 0 Å². The molecule has 132 valence electrons. The molecule has 1 aromatic carbocycles. The number of carbonyl (C=O) groups is 2. The first-order chi connectivity index (χ1) is 11.1. The van der Waals surface area contributed by atoms with Gasteiger partial charge in [-0.15, -0.1) is 0 Å². The molecule has 7 heteroatoms. The van der Waals surface area contributed by atoms with Gasteiger partial charge in [-0.1, -0.05) is 13.8 Å². The van der Waals surface area contributed by atoms with Gasteiger partial charge in [0.1, 0.15) is 0 Å². The highest BCUT2D eigenvalue weighted by molar-refractivity contribution is 5.94. The van der Waals surface area contributed by atoms with Crippen molar-refractivity contribution in [2.24, 2.45) is 17.1 Å². The van der Waals surface area contributed by atoms with Crippen LogP contribution in [0.25, 0.3) is 0 Å². The highest BCUT2D eigenvalue weighted by Gasteiger charge is 2.33. The Balaban J connectivity index is 2.12. The van der Waals surface area contributed by atoms with Crippen molar-refractivity contribution in [2.75, 3.05) is 13.1 Å². The predicted octanol–water partition coefficient (Wildman–Crippen LogP) is 2.86. The Labute approximate surface area is 138 Å². The van der Waals surface area contributed by atoms with E-state index in [1.807, 2.05) is 0 Å². The molecule has 4 nitrogen and oxygen atoms in total. The van der Waals surface area contributed by atoms with Gasteiger partial charge in [0.2, 0.25) is 5.91 Å². The molecule has 1 atom stereocenters. The van der Waals surface area contributed by atoms with E-state index in [2.05, 4.69) is 0 Å². The van der Waals surface area contributed by atoms with Crippen LogP contribution in [0.2, 0.25) is 0 Å². The van der Waals surface area contributed by atoms with Crippen LogP contribution in [0, 0.1) is 28.8 Å². The van der Waals surface area contributed by atoms with Gasteiger partial charge in [-0.2, -0.15) is 0 Å². The van der Waals surface area contributed by atoms with Crippen molar-refractivity contribution in [3.63, 3.8) is 0 Å². The maximum atomic E-state index is 13.3. The van der Waals surface area contributed by atoms with Gasteiger partial charge in [0.05, 0.1) is 0 Å². The molecule has 1 aliphatic heterocycles. The first kappa shape index (κ1) is 18.3. The summed E-state index contributed by atoms with van der Waals surface area (Å²) < 4.78 is 39.7. The van der Waals surface area contributed by atoms with Gasteiger partial charge in [-0.05, 0) is 37.3 Å². The van der Waals surface area contributed by atoms with E-state index in [4.69, 9.17) is 5.73 Å². The number of nitrogens with zero attached hydrogens (tertiary/aromatic N) is 1. The van der Waals surface area contributed by atoms with E-state index in [0.29, 0.717) is 31.6 Å². The minimum absolute atomic E-state index is 0.0698. The lowest BCUT2D eigenvalue weighted by Crippen LogP contribution is -2.43. The van der Waals surface area contributed by atoms with E-state index in [1.165, 1.54) is 4.90 Å². The molecular formula is C17H21F3N2O2. The summed E-state index contributed by atoms with van der Waals surface area (Å²) in [5.41, 5.74) is 4.47. The first-order valence-corrected chi connectivity index (χ1v) is 7.85.